The number of hydrogen-bond donors (Lipinski definition) is 2. The highest BCUT2D eigenvalue weighted by atomic mass is 16.5. The zero-order valence-electron chi connectivity index (χ0n) is 8.09. The second kappa shape index (κ2) is 4.04. The van der Waals surface area contributed by atoms with Crippen LogP contribution in [0.5, 0.6) is 5.88 Å². The van der Waals surface area contributed by atoms with Gasteiger partial charge in [-0.3, -0.25) is 0 Å². The number of rotatable bonds is 3. The van der Waals surface area contributed by atoms with Crippen molar-refractivity contribution in [2.45, 2.75) is 20.8 Å². The summed E-state index contributed by atoms with van der Waals surface area (Å²) in [6, 6.07) is 0. The van der Waals surface area contributed by atoms with Crippen LogP contribution < -0.4 is 16.0 Å². The second-order valence-corrected chi connectivity index (χ2v) is 2.63. The minimum atomic E-state index is 0.585. The standard InChI is InChI=1S/C8H14N4O/c1-4-13-8-5(2)7(12-9)10-6(3)11-8/h4,9H2,1-3H3,(H,10,11,12). The van der Waals surface area contributed by atoms with E-state index in [9.17, 15) is 0 Å². The quantitative estimate of drug-likeness (QED) is 0.533. The fourth-order valence-corrected chi connectivity index (χ4v) is 1.02. The molecule has 13 heavy (non-hydrogen) atoms. The fraction of sp³-hybridized carbons (Fsp3) is 0.500. The summed E-state index contributed by atoms with van der Waals surface area (Å²) in [4.78, 5) is 8.25. The summed E-state index contributed by atoms with van der Waals surface area (Å²) >= 11 is 0. The number of nitrogens with one attached hydrogen (secondary N) is 1. The van der Waals surface area contributed by atoms with E-state index in [-0.39, 0.29) is 0 Å². The monoisotopic (exact) mass is 182 g/mol. The summed E-state index contributed by atoms with van der Waals surface area (Å²) in [5.74, 6) is 7.12. The Morgan fingerprint density at radius 3 is 2.62 bits per heavy atom. The first-order valence-electron chi connectivity index (χ1n) is 4.13. The molecule has 5 heteroatoms. The average molecular weight is 182 g/mol. The molecule has 0 saturated heterocycles. The van der Waals surface area contributed by atoms with E-state index in [1.807, 2.05) is 13.8 Å². The van der Waals surface area contributed by atoms with Crippen molar-refractivity contribution in [1.82, 2.24) is 9.97 Å². The van der Waals surface area contributed by atoms with Crippen LogP contribution in [-0.4, -0.2) is 16.6 Å². The van der Waals surface area contributed by atoms with Gasteiger partial charge in [-0.1, -0.05) is 0 Å². The van der Waals surface area contributed by atoms with Crippen molar-refractivity contribution in [3.05, 3.63) is 11.4 Å². The maximum absolute atomic E-state index is 5.31. The van der Waals surface area contributed by atoms with E-state index < -0.39 is 0 Å². The number of nitrogens with two attached hydrogens (primary N) is 1. The van der Waals surface area contributed by atoms with E-state index in [1.54, 1.807) is 6.92 Å². The highest BCUT2D eigenvalue weighted by Crippen LogP contribution is 2.20. The fourth-order valence-electron chi connectivity index (χ4n) is 1.02. The molecule has 5 nitrogen and oxygen atoms in total. The molecule has 0 aliphatic rings. The topological polar surface area (TPSA) is 73.1 Å². The van der Waals surface area contributed by atoms with Gasteiger partial charge in [-0.2, -0.15) is 4.98 Å². The van der Waals surface area contributed by atoms with Crippen LogP contribution in [0.2, 0.25) is 0 Å². The Bertz CT molecular complexity index is 300. The number of nitrogens with zero attached hydrogens (tertiary/aromatic N) is 2. The molecule has 0 aromatic carbocycles. The van der Waals surface area contributed by atoms with Crippen LogP contribution in [-0.2, 0) is 0 Å². The summed E-state index contributed by atoms with van der Waals surface area (Å²) in [6.07, 6.45) is 0. The summed E-state index contributed by atoms with van der Waals surface area (Å²) in [7, 11) is 0. The number of nitrogen functional groups attached to an aromatic ring is 1. The van der Waals surface area contributed by atoms with Crippen LogP contribution >= 0.6 is 0 Å². The van der Waals surface area contributed by atoms with Crippen molar-refractivity contribution in [2.75, 3.05) is 12.0 Å². The highest BCUT2D eigenvalue weighted by molar-refractivity contribution is 5.47. The van der Waals surface area contributed by atoms with E-state index in [1.165, 1.54) is 0 Å². The molecule has 0 atom stereocenters. The molecule has 0 fully saturated rings. The molecule has 0 aliphatic heterocycles. The average Bonchev–Trinajstić information content (AvgIpc) is 2.11. The SMILES string of the molecule is CCOc1nc(C)nc(NN)c1C. The lowest BCUT2D eigenvalue weighted by Crippen LogP contribution is -2.12. The molecule has 3 N–H and O–H groups in total. The minimum absolute atomic E-state index is 0.585. The number of aryl methyl sites for hydroxylation is 1. The molecule has 0 aliphatic carbocycles. The van der Waals surface area contributed by atoms with Crippen molar-refractivity contribution in [3.63, 3.8) is 0 Å². The molecule has 0 unspecified atom stereocenters. The lowest BCUT2D eigenvalue weighted by Gasteiger charge is -2.09. The molecule has 1 aromatic rings. The Morgan fingerprint density at radius 1 is 1.38 bits per heavy atom. The lowest BCUT2D eigenvalue weighted by molar-refractivity contribution is 0.323. The first-order chi connectivity index (χ1) is 6.19. The maximum atomic E-state index is 5.31. The molecule has 72 valence electrons. The van der Waals surface area contributed by atoms with Crippen LogP contribution in [0.4, 0.5) is 5.82 Å². The van der Waals surface area contributed by atoms with Gasteiger partial charge in [0, 0.05) is 0 Å². The van der Waals surface area contributed by atoms with Gasteiger partial charge in [-0.05, 0) is 20.8 Å². The van der Waals surface area contributed by atoms with Gasteiger partial charge < -0.3 is 10.2 Å². The van der Waals surface area contributed by atoms with E-state index in [0.717, 1.165) is 5.56 Å². The number of ether oxygens (including phenoxy) is 1. The van der Waals surface area contributed by atoms with Crippen molar-refractivity contribution in [3.8, 4) is 5.88 Å². The van der Waals surface area contributed by atoms with Gasteiger partial charge in [0.05, 0.1) is 12.2 Å². The van der Waals surface area contributed by atoms with Gasteiger partial charge in [-0.25, -0.2) is 10.8 Å². The Kier molecular flexibility index (Phi) is 3.02. The Labute approximate surface area is 77.3 Å². The normalized spacial score (nSPS) is 9.85. The molecule has 1 rings (SSSR count). The minimum Gasteiger partial charge on any atom is -0.478 e. The molecular formula is C8H14N4O. The van der Waals surface area contributed by atoms with Gasteiger partial charge >= 0.3 is 0 Å². The Balaban J connectivity index is 3.11. The van der Waals surface area contributed by atoms with E-state index >= 15 is 0 Å². The largest absolute Gasteiger partial charge is 0.478 e. The highest BCUT2D eigenvalue weighted by Gasteiger charge is 2.08. The van der Waals surface area contributed by atoms with E-state index in [0.29, 0.717) is 24.1 Å². The van der Waals surface area contributed by atoms with Gasteiger partial charge in [0.2, 0.25) is 5.88 Å². The summed E-state index contributed by atoms with van der Waals surface area (Å²) in [5.41, 5.74) is 3.33. The zero-order valence-corrected chi connectivity index (χ0v) is 8.09. The van der Waals surface area contributed by atoms with Crippen molar-refractivity contribution >= 4 is 5.82 Å². The summed E-state index contributed by atoms with van der Waals surface area (Å²) in [6.45, 7) is 6.15. The molecular weight excluding hydrogens is 168 g/mol. The van der Waals surface area contributed by atoms with Crippen LogP contribution in [0.1, 0.15) is 18.3 Å². The van der Waals surface area contributed by atoms with Crippen molar-refractivity contribution < 1.29 is 4.74 Å². The summed E-state index contributed by atoms with van der Waals surface area (Å²) < 4.78 is 5.31. The second-order valence-electron chi connectivity index (χ2n) is 2.63. The number of hydrazine groups is 1. The Hall–Kier alpha value is -1.36. The van der Waals surface area contributed by atoms with Gasteiger partial charge in [0.1, 0.15) is 11.6 Å². The molecule has 0 spiro atoms. The van der Waals surface area contributed by atoms with E-state index in [4.69, 9.17) is 10.6 Å². The van der Waals surface area contributed by atoms with Crippen LogP contribution in [0.15, 0.2) is 0 Å². The first kappa shape index (κ1) is 9.73. The zero-order chi connectivity index (χ0) is 9.84. The van der Waals surface area contributed by atoms with Gasteiger partial charge in [0.25, 0.3) is 0 Å². The maximum Gasteiger partial charge on any atom is 0.221 e. The van der Waals surface area contributed by atoms with Gasteiger partial charge in [-0.15, -0.1) is 0 Å². The number of aromatic nitrogens is 2. The molecule has 1 heterocycles. The molecule has 0 bridgehead atoms. The third kappa shape index (κ3) is 2.06. The lowest BCUT2D eigenvalue weighted by atomic mass is 10.3. The molecule has 1 aromatic heterocycles. The predicted octanol–water partition coefficient (Wildman–Crippen LogP) is 0.778. The molecule has 0 amide bonds. The molecule has 0 radical (unpaired) electrons. The van der Waals surface area contributed by atoms with Crippen LogP contribution in [0.25, 0.3) is 0 Å². The van der Waals surface area contributed by atoms with Gasteiger partial charge in [0.15, 0.2) is 0 Å². The summed E-state index contributed by atoms with van der Waals surface area (Å²) in [5, 5.41) is 0. The number of anilines is 1. The molecule has 0 saturated carbocycles. The van der Waals surface area contributed by atoms with Crippen molar-refractivity contribution in [2.24, 2.45) is 5.84 Å². The third-order valence-electron chi connectivity index (χ3n) is 1.63. The van der Waals surface area contributed by atoms with Crippen LogP contribution in [0, 0.1) is 13.8 Å². The smallest absolute Gasteiger partial charge is 0.221 e. The first-order valence-corrected chi connectivity index (χ1v) is 4.13. The number of hydrogen-bond acceptors (Lipinski definition) is 5. The van der Waals surface area contributed by atoms with Crippen LogP contribution in [0.3, 0.4) is 0 Å². The van der Waals surface area contributed by atoms with Crippen molar-refractivity contribution in [1.29, 1.82) is 0 Å². The third-order valence-corrected chi connectivity index (χ3v) is 1.63. The predicted molar refractivity (Wildman–Crippen MR) is 50.5 cm³/mol. The van der Waals surface area contributed by atoms with E-state index in [2.05, 4.69) is 15.4 Å². The Morgan fingerprint density at radius 2 is 2.08 bits per heavy atom.